The van der Waals surface area contributed by atoms with Crippen molar-refractivity contribution in [3.63, 3.8) is 0 Å². The number of benzene rings is 2. The second-order valence-electron chi connectivity index (χ2n) is 6.94. The summed E-state index contributed by atoms with van der Waals surface area (Å²) >= 11 is 9.59. The topological polar surface area (TPSA) is 32.7 Å². The van der Waals surface area contributed by atoms with Crippen molar-refractivity contribution in [1.82, 2.24) is 4.90 Å². The minimum atomic E-state index is -1.06. The number of aliphatic hydroxyl groups is 1. The summed E-state index contributed by atoms with van der Waals surface area (Å²) in [6.45, 7) is 7.84. The highest BCUT2D eigenvalue weighted by Crippen LogP contribution is 2.41. The first-order chi connectivity index (χ1) is 13.0. The maximum Gasteiger partial charge on any atom is 0.101 e. The summed E-state index contributed by atoms with van der Waals surface area (Å²) in [6, 6.07) is 15.7. The first-order valence-electron chi connectivity index (χ1n) is 9.18. The van der Waals surface area contributed by atoms with Gasteiger partial charge in [-0.05, 0) is 41.8 Å². The van der Waals surface area contributed by atoms with Crippen LogP contribution in [0, 0.1) is 0 Å². The van der Waals surface area contributed by atoms with Gasteiger partial charge in [-0.25, -0.2) is 0 Å². The van der Waals surface area contributed by atoms with E-state index < -0.39 is 5.60 Å². The highest BCUT2D eigenvalue weighted by Gasteiger charge is 2.39. The van der Waals surface area contributed by atoms with Crippen molar-refractivity contribution in [3.05, 3.63) is 81.8 Å². The number of rotatable bonds is 7. The number of morpholine rings is 1. The van der Waals surface area contributed by atoms with Crippen molar-refractivity contribution in [2.24, 2.45) is 0 Å². The van der Waals surface area contributed by atoms with Gasteiger partial charge in [0, 0.05) is 35.0 Å². The predicted molar refractivity (Wildman–Crippen MR) is 114 cm³/mol. The smallest absolute Gasteiger partial charge is 0.101 e. The van der Waals surface area contributed by atoms with Crippen molar-refractivity contribution in [2.45, 2.75) is 17.9 Å². The van der Waals surface area contributed by atoms with Crippen LogP contribution in [0.4, 0.5) is 0 Å². The first kappa shape index (κ1) is 20.6. The van der Waals surface area contributed by atoms with E-state index in [1.807, 2.05) is 48.5 Å². The monoisotopic (exact) mass is 449 g/mol. The molecule has 3 rings (SSSR count). The summed E-state index contributed by atoms with van der Waals surface area (Å²) in [6.07, 6.45) is 2.26. The van der Waals surface area contributed by atoms with Gasteiger partial charge in [0.1, 0.15) is 5.60 Å². The van der Waals surface area contributed by atoms with E-state index in [0.717, 1.165) is 48.4 Å². The fourth-order valence-electron chi connectivity index (χ4n) is 3.69. The molecular weight excluding hydrogens is 426 g/mol. The Morgan fingerprint density at radius 1 is 1.15 bits per heavy atom. The standard InChI is InChI=1S/C22H25BrClNO2/c1-2-11-22(26,18-5-7-19(23)8-6-18)21(16-25-12-14-27-15-13-25)17-3-9-20(24)10-4-17/h2-10,21,26H,1,11-16H2/t21-,22+/m1/s1. The third-order valence-electron chi connectivity index (χ3n) is 5.19. The summed E-state index contributed by atoms with van der Waals surface area (Å²) in [4.78, 5) is 2.36. The Kier molecular flexibility index (Phi) is 7.12. The minimum absolute atomic E-state index is 0.118. The second kappa shape index (κ2) is 9.35. The summed E-state index contributed by atoms with van der Waals surface area (Å²) in [7, 11) is 0. The average Bonchev–Trinajstić information content (AvgIpc) is 2.68. The molecule has 0 spiro atoms. The predicted octanol–water partition coefficient (Wildman–Crippen LogP) is 4.98. The first-order valence-corrected chi connectivity index (χ1v) is 10.3. The molecule has 0 aromatic heterocycles. The van der Waals surface area contributed by atoms with Gasteiger partial charge in [0.15, 0.2) is 0 Å². The molecule has 0 amide bonds. The molecule has 0 aliphatic carbocycles. The van der Waals surface area contributed by atoms with Gasteiger partial charge in [0.2, 0.25) is 0 Å². The highest BCUT2D eigenvalue weighted by atomic mass is 79.9. The Morgan fingerprint density at radius 2 is 1.78 bits per heavy atom. The zero-order valence-corrected chi connectivity index (χ0v) is 17.6. The number of hydrogen-bond acceptors (Lipinski definition) is 3. The van der Waals surface area contributed by atoms with E-state index in [9.17, 15) is 5.11 Å². The fraction of sp³-hybridized carbons (Fsp3) is 0.364. The average molecular weight is 451 g/mol. The molecule has 3 nitrogen and oxygen atoms in total. The molecule has 0 saturated carbocycles. The van der Waals surface area contributed by atoms with Crippen molar-refractivity contribution in [3.8, 4) is 0 Å². The lowest BCUT2D eigenvalue weighted by Crippen LogP contribution is -2.44. The molecule has 1 aliphatic heterocycles. The van der Waals surface area contributed by atoms with Crippen LogP contribution in [0.5, 0.6) is 0 Å². The molecule has 2 aromatic rings. The summed E-state index contributed by atoms with van der Waals surface area (Å²) in [5, 5.41) is 12.6. The fourth-order valence-corrected chi connectivity index (χ4v) is 4.08. The molecule has 2 aromatic carbocycles. The van der Waals surface area contributed by atoms with Gasteiger partial charge in [-0.1, -0.05) is 57.9 Å². The Bertz CT molecular complexity index is 744. The van der Waals surface area contributed by atoms with E-state index >= 15 is 0 Å². The van der Waals surface area contributed by atoms with Gasteiger partial charge < -0.3 is 9.84 Å². The molecule has 1 aliphatic rings. The minimum Gasteiger partial charge on any atom is -0.384 e. The molecule has 1 saturated heterocycles. The van der Waals surface area contributed by atoms with Crippen LogP contribution in [0.2, 0.25) is 5.02 Å². The van der Waals surface area contributed by atoms with E-state index in [0.29, 0.717) is 11.4 Å². The quantitative estimate of drug-likeness (QED) is 0.604. The maximum absolute atomic E-state index is 11.9. The summed E-state index contributed by atoms with van der Waals surface area (Å²) < 4.78 is 6.48. The van der Waals surface area contributed by atoms with Crippen molar-refractivity contribution < 1.29 is 9.84 Å². The third kappa shape index (κ3) is 5.01. The third-order valence-corrected chi connectivity index (χ3v) is 5.97. The van der Waals surface area contributed by atoms with Gasteiger partial charge >= 0.3 is 0 Å². The van der Waals surface area contributed by atoms with Crippen LogP contribution in [0.1, 0.15) is 23.5 Å². The molecule has 1 N–H and O–H groups in total. The molecule has 0 bridgehead atoms. The molecule has 0 radical (unpaired) electrons. The van der Waals surface area contributed by atoms with Crippen LogP contribution < -0.4 is 0 Å². The summed E-state index contributed by atoms with van der Waals surface area (Å²) in [5.74, 6) is -0.118. The van der Waals surface area contributed by atoms with Gasteiger partial charge in [-0.15, -0.1) is 6.58 Å². The van der Waals surface area contributed by atoms with E-state index in [2.05, 4.69) is 27.4 Å². The largest absolute Gasteiger partial charge is 0.384 e. The van der Waals surface area contributed by atoms with Crippen LogP contribution in [-0.4, -0.2) is 42.9 Å². The lowest BCUT2D eigenvalue weighted by atomic mass is 9.75. The number of ether oxygens (including phenoxy) is 1. The normalized spacial score (nSPS) is 18.6. The van der Waals surface area contributed by atoms with Crippen molar-refractivity contribution >= 4 is 27.5 Å². The van der Waals surface area contributed by atoms with E-state index in [4.69, 9.17) is 16.3 Å². The molecule has 144 valence electrons. The molecule has 2 atom stereocenters. The van der Waals surface area contributed by atoms with Gasteiger partial charge in [0.25, 0.3) is 0 Å². The van der Waals surface area contributed by atoms with E-state index in [1.165, 1.54) is 0 Å². The van der Waals surface area contributed by atoms with Gasteiger partial charge in [-0.2, -0.15) is 0 Å². The number of hydrogen-bond donors (Lipinski definition) is 1. The maximum atomic E-state index is 11.9. The molecule has 1 fully saturated rings. The Hall–Kier alpha value is -1.17. The van der Waals surface area contributed by atoms with Crippen LogP contribution >= 0.6 is 27.5 Å². The van der Waals surface area contributed by atoms with E-state index in [-0.39, 0.29) is 5.92 Å². The van der Waals surface area contributed by atoms with Crippen molar-refractivity contribution in [1.29, 1.82) is 0 Å². The molecular formula is C22H25BrClNO2. The Labute approximate surface area is 174 Å². The number of nitrogens with zero attached hydrogens (tertiary/aromatic N) is 1. The summed E-state index contributed by atoms with van der Waals surface area (Å²) in [5.41, 5.74) is 0.895. The molecule has 1 heterocycles. The SMILES string of the molecule is C=CC[C@](O)(c1ccc(Br)cc1)[C@H](CN1CCOCC1)c1ccc(Cl)cc1. The van der Waals surface area contributed by atoms with Crippen LogP contribution in [0.25, 0.3) is 0 Å². The van der Waals surface area contributed by atoms with Gasteiger partial charge in [-0.3, -0.25) is 4.90 Å². The Balaban J connectivity index is 2.02. The van der Waals surface area contributed by atoms with Crippen LogP contribution in [0.15, 0.2) is 65.7 Å². The van der Waals surface area contributed by atoms with Crippen molar-refractivity contribution in [2.75, 3.05) is 32.8 Å². The highest BCUT2D eigenvalue weighted by molar-refractivity contribution is 9.10. The van der Waals surface area contributed by atoms with Crippen LogP contribution in [-0.2, 0) is 10.3 Å². The number of halogens is 2. The molecule has 27 heavy (non-hydrogen) atoms. The molecule has 5 heteroatoms. The second-order valence-corrected chi connectivity index (χ2v) is 8.29. The zero-order valence-electron chi connectivity index (χ0n) is 15.3. The molecule has 0 unspecified atom stereocenters. The lowest BCUT2D eigenvalue weighted by molar-refractivity contribution is -0.0206. The zero-order chi connectivity index (χ0) is 19.3. The van der Waals surface area contributed by atoms with E-state index in [1.54, 1.807) is 6.08 Å². The lowest BCUT2D eigenvalue weighted by Gasteiger charge is -2.40. The van der Waals surface area contributed by atoms with Gasteiger partial charge in [0.05, 0.1) is 13.2 Å². The van der Waals surface area contributed by atoms with Crippen LogP contribution in [0.3, 0.4) is 0 Å². The Morgan fingerprint density at radius 3 is 2.37 bits per heavy atom.